The minimum absolute atomic E-state index is 0.0354. The maximum atomic E-state index is 13.6. The smallest absolute Gasteiger partial charge is 0.246 e. The number of nitrogens with one attached hydrogen (secondary N) is 2. The van der Waals surface area contributed by atoms with Crippen molar-refractivity contribution in [1.82, 2.24) is 15.4 Å². The highest BCUT2D eigenvalue weighted by Crippen LogP contribution is 2.32. The van der Waals surface area contributed by atoms with Crippen LogP contribution in [0.5, 0.6) is 0 Å². The molecule has 0 unspecified atom stereocenters. The summed E-state index contributed by atoms with van der Waals surface area (Å²) in [6.07, 6.45) is 1.68. The monoisotopic (exact) mass is 514 g/mol. The fraction of sp³-hybridized carbons (Fsp3) is 0.300. The van der Waals surface area contributed by atoms with E-state index < -0.39 is 11.8 Å². The molecule has 4 aromatic rings. The molecular weight excluding hydrogens is 480 g/mol. The van der Waals surface area contributed by atoms with Gasteiger partial charge in [0.2, 0.25) is 17.7 Å². The maximum Gasteiger partial charge on any atom is 0.246 e. The third-order valence-electron chi connectivity index (χ3n) is 6.96. The van der Waals surface area contributed by atoms with Crippen molar-refractivity contribution >= 4 is 45.2 Å². The molecule has 38 heavy (non-hydrogen) atoms. The highest BCUT2D eigenvalue weighted by Gasteiger charge is 2.22. The van der Waals surface area contributed by atoms with E-state index in [0.29, 0.717) is 19.4 Å². The predicted molar refractivity (Wildman–Crippen MR) is 149 cm³/mol. The second-order valence-corrected chi connectivity index (χ2v) is 9.52. The number of hydroxylamine groups is 1. The zero-order valence-corrected chi connectivity index (χ0v) is 21.8. The van der Waals surface area contributed by atoms with Gasteiger partial charge in [0.15, 0.2) is 0 Å². The van der Waals surface area contributed by atoms with E-state index in [9.17, 15) is 14.4 Å². The van der Waals surface area contributed by atoms with Crippen molar-refractivity contribution in [1.29, 1.82) is 0 Å². The highest BCUT2D eigenvalue weighted by atomic mass is 16.5. The van der Waals surface area contributed by atoms with Gasteiger partial charge in [0.1, 0.15) is 0 Å². The number of rotatable bonds is 11. The van der Waals surface area contributed by atoms with Gasteiger partial charge in [-0.05, 0) is 42.7 Å². The topological polar surface area (TPSA) is 104 Å². The second-order valence-electron chi connectivity index (χ2n) is 9.52. The minimum atomic E-state index is -0.534. The number of aromatic nitrogens is 1. The number of hydrogen-bond donors (Lipinski definition) is 3. The summed E-state index contributed by atoms with van der Waals surface area (Å²) in [5.74, 6) is -1.45. The summed E-state index contributed by atoms with van der Waals surface area (Å²) in [5.41, 5.74) is 5.52. The summed E-state index contributed by atoms with van der Waals surface area (Å²) in [6.45, 7) is 2.16. The van der Waals surface area contributed by atoms with E-state index in [0.717, 1.165) is 39.5 Å². The molecule has 4 rings (SSSR count). The number of benzene rings is 3. The van der Waals surface area contributed by atoms with Gasteiger partial charge in [0.05, 0.1) is 13.1 Å². The van der Waals surface area contributed by atoms with Crippen molar-refractivity contribution < 1.29 is 19.6 Å². The Morgan fingerprint density at radius 2 is 1.63 bits per heavy atom. The first kappa shape index (κ1) is 26.9. The number of anilines is 1. The Labute approximate surface area is 222 Å². The normalized spacial score (nSPS) is 11.9. The van der Waals surface area contributed by atoms with Crippen LogP contribution in [0.4, 0.5) is 5.69 Å². The van der Waals surface area contributed by atoms with E-state index in [1.54, 1.807) is 10.4 Å². The lowest BCUT2D eigenvalue weighted by Crippen LogP contribution is -2.42. The molecule has 0 saturated heterocycles. The Balaban J connectivity index is 1.58. The number of hydrogen-bond acceptors (Lipinski definition) is 4. The number of carbonyl (C=O) groups excluding carboxylic acids is 3. The van der Waals surface area contributed by atoms with Crippen LogP contribution >= 0.6 is 0 Å². The number of nitrogens with zero attached hydrogens (tertiary/aromatic N) is 2. The first-order chi connectivity index (χ1) is 18.4. The van der Waals surface area contributed by atoms with Crippen molar-refractivity contribution in [3.63, 3.8) is 0 Å². The first-order valence-electron chi connectivity index (χ1n) is 12.9. The van der Waals surface area contributed by atoms with Gasteiger partial charge in [0, 0.05) is 46.9 Å². The van der Waals surface area contributed by atoms with E-state index in [4.69, 9.17) is 5.21 Å². The van der Waals surface area contributed by atoms with Crippen LogP contribution in [0.15, 0.2) is 72.8 Å². The van der Waals surface area contributed by atoms with Crippen LogP contribution in [-0.2, 0) is 28.0 Å². The molecule has 0 saturated carbocycles. The number of amides is 3. The fourth-order valence-corrected chi connectivity index (χ4v) is 4.93. The largest absolute Gasteiger partial charge is 0.347 e. The summed E-state index contributed by atoms with van der Waals surface area (Å²) in [5, 5.41) is 13.7. The molecule has 0 aliphatic heterocycles. The van der Waals surface area contributed by atoms with Crippen LogP contribution in [0.25, 0.3) is 21.8 Å². The Morgan fingerprint density at radius 3 is 2.37 bits per heavy atom. The van der Waals surface area contributed by atoms with Gasteiger partial charge in [-0.25, -0.2) is 5.48 Å². The van der Waals surface area contributed by atoms with Gasteiger partial charge < -0.3 is 14.8 Å². The molecular formula is C30H34N4O4. The third kappa shape index (κ3) is 6.03. The van der Waals surface area contributed by atoms with E-state index >= 15 is 0 Å². The van der Waals surface area contributed by atoms with Gasteiger partial charge in [0.25, 0.3) is 0 Å². The van der Waals surface area contributed by atoms with Crippen LogP contribution in [0.1, 0.15) is 38.2 Å². The van der Waals surface area contributed by atoms with E-state index in [1.807, 2.05) is 74.6 Å². The summed E-state index contributed by atoms with van der Waals surface area (Å²) in [7, 11) is 2.03. The summed E-state index contributed by atoms with van der Waals surface area (Å²) < 4.78 is 2.14. The Hall–Kier alpha value is -4.17. The average Bonchev–Trinajstić information content (AvgIpc) is 3.24. The van der Waals surface area contributed by atoms with Crippen LogP contribution in [0.2, 0.25) is 0 Å². The molecule has 0 bridgehead atoms. The first-order valence-corrected chi connectivity index (χ1v) is 12.9. The molecule has 198 valence electrons. The molecule has 3 aromatic carbocycles. The molecule has 0 aliphatic carbocycles. The van der Waals surface area contributed by atoms with Crippen molar-refractivity contribution in [2.75, 3.05) is 11.4 Å². The zero-order chi connectivity index (χ0) is 27.1. The molecule has 1 aromatic heterocycles. The average molecular weight is 515 g/mol. The van der Waals surface area contributed by atoms with Crippen LogP contribution in [-0.4, -0.2) is 34.0 Å². The van der Waals surface area contributed by atoms with Gasteiger partial charge in [-0.15, -0.1) is 0 Å². The number of carbonyl (C=O) groups is 3. The lowest BCUT2D eigenvalue weighted by Gasteiger charge is -2.24. The fourth-order valence-electron chi connectivity index (χ4n) is 4.93. The van der Waals surface area contributed by atoms with Gasteiger partial charge in [-0.1, -0.05) is 61.9 Å². The number of fused-ring (bicyclic) bond motifs is 3. The van der Waals surface area contributed by atoms with E-state index in [2.05, 4.69) is 22.0 Å². The molecule has 3 amide bonds. The third-order valence-corrected chi connectivity index (χ3v) is 6.96. The van der Waals surface area contributed by atoms with Crippen LogP contribution in [0.3, 0.4) is 0 Å². The molecule has 1 heterocycles. The van der Waals surface area contributed by atoms with Gasteiger partial charge in [-0.2, -0.15) is 0 Å². The van der Waals surface area contributed by atoms with Crippen molar-refractivity contribution in [2.24, 2.45) is 13.0 Å². The lowest BCUT2D eigenvalue weighted by atomic mass is 9.97. The van der Waals surface area contributed by atoms with Gasteiger partial charge in [-0.3, -0.25) is 19.6 Å². The van der Waals surface area contributed by atoms with Crippen LogP contribution < -0.4 is 15.7 Å². The summed E-state index contributed by atoms with van der Waals surface area (Å²) in [6, 6.07) is 23.9. The van der Waals surface area contributed by atoms with Crippen molar-refractivity contribution in [3.8, 4) is 0 Å². The summed E-state index contributed by atoms with van der Waals surface area (Å²) in [4.78, 5) is 39.6. The van der Waals surface area contributed by atoms with Crippen LogP contribution in [0, 0.1) is 5.92 Å². The summed E-state index contributed by atoms with van der Waals surface area (Å²) >= 11 is 0. The van der Waals surface area contributed by atoms with E-state index in [1.165, 1.54) is 0 Å². The molecule has 3 N–H and O–H groups in total. The highest BCUT2D eigenvalue weighted by molar-refractivity contribution is 6.10. The second kappa shape index (κ2) is 12.4. The Kier molecular flexibility index (Phi) is 8.76. The quantitative estimate of drug-likeness (QED) is 0.200. The van der Waals surface area contributed by atoms with Crippen molar-refractivity contribution in [2.45, 2.75) is 39.2 Å². The molecule has 1 atom stereocenters. The Morgan fingerprint density at radius 1 is 0.921 bits per heavy atom. The van der Waals surface area contributed by atoms with Crippen molar-refractivity contribution in [3.05, 3.63) is 78.4 Å². The maximum absolute atomic E-state index is 13.6. The standard InChI is InChI=1S/C30H34N4O4/c1-3-9-22(14-17-28(35)32-38)30(37)31-19-29(36)34(20-21-10-5-4-6-11-21)23-15-16-27-25(18-23)24-12-7-8-13-26(24)33(27)2/h4-8,10-13,15-16,18,22,38H,3,9,14,17,19-20H2,1-2H3,(H,31,37)(H,32,35)/t22-/m1/s1. The molecule has 0 spiro atoms. The van der Waals surface area contributed by atoms with E-state index in [-0.39, 0.29) is 24.8 Å². The predicted octanol–water partition coefficient (Wildman–Crippen LogP) is 4.68. The minimum Gasteiger partial charge on any atom is -0.347 e. The number of aryl methyl sites for hydroxylation is 1. The SMILES string of the molecule is CCC[C@H](CCC(=O)NO)C(=O)NCC(=O)N(Cc1ccccc1)c1ccc2c(c1)c1ccccc1n2C. The molecule has 8 heteroatoms. The molecule has 0 fully saturated rings. The number of para-hydroxylation sites is 1. The molecule has 8 nitrogen and oxygen atoms in total. The Bertz CT molecular complexity index is 1430. The molecule has 0 radical (unpaired) electrons. The molecule has 0 aliphatic rings. The lowest BCUT2D eigenvalue weighted by molar-refractivity contribution is -0.131. The zero-order valence-electron chi connectivity index (χ0n) is 21.8. The van der Waals surface area contributed by atoms with Gasteiger partial charge >= 0.3 is 0 Å².